The van der Waals surface area contributed by atoms with E-state index in [-0.39, 0.29) is 5.60 Å². The number of aromatic nitrogens is 1. The maximum atomic E-state index is 6.28. The van der Waals surface area contributed by atoms with Crippen molar-refractivity contribution in [2.75, 3.05) is 19.7 Å². The van der Waals surface area contributed by atoms with Gasteiger partial charge in [0.2, 0.25) is 0 Å². The maximum absolute atomic E-state index is 6.28. The highest BCUT2D eigenvalue weighted by atomic mass is 32.1. The van der Waals surface area contributed by atoms with Gasteiger partial charge in [-0.05, 0) is 53.3 Å². The van der Waals surface area contributed by atoms with Gasteiger partial charge in [0.15, 0.2) is 0 Å². The summed E-state index contributed by atoms with van der Waals surface area (Å²) in [5.41, 5.74) is 2.90. The van der Waals surface area contributed by atoms with E-state index in [1.165, 1.54) is 11.1 Å². The van der Waals surface area contributed by atoms with Crippen LogP contribution in [-0.2, 0) is 11.3 Å². The molecule has 2 aliphatic heterocycles. The zero-order valence-electron chi connectivity index (χ0n) is 12.8. The number of hydrogen-bond acceptors (Lipinski definition) is 4. The van der Waals surface area contributed by atoms with Crippen molar-refractivity contribution in [3.05, 3.63) is 52.5 Å². The van der Waals surface area contributed by atoms with Crippen molar-refractivity contribution < 1.29 is 4.74 Å². The molecule has 2 aromatic heterocycles. The van der Waals surface area contributed by atoms with E-state index in [4.69, 9.17) is 4.74 Å². The highest BCUT2D eigenvalue weighted by Gasteiger charge is 2.42. The molecule has 1 spiro atoms. The normalized spacial score (nSPS) is 24.8. The first kappa shape index (κ1) is 14.4. The number of rotatable bonds is 3. The van der Waals surface area contributed by atoms with Crippen LogP contribution in [0.1, 0.15) is 36.3 Å². The minimum absolute atomic E-state index is 0.117. The van der Waals surface area contributed by atoms with Gasteiger partial charge in [0.25, 0.3) is 0 Å². The quantitative estimate of drug-likeness (QED) is 0.864. The highest BCUT2D eigenvalue weighted by molar-refractivity contribution is 7.07. The molecule has 2 fully saturated rings. The summed E-state index contributed by atoms with van der Waals surface area (Å²) in [6.07, 6.45) is 7.32. The van der Waals surface area contributed by atoms with Crippen LogP contribution in [0.5, 0.6) is 0 Å². The fourth-order valence-corrected chi connectivity index (χ4v) is 4.44. The molecule has 4 rings (SSSR count). The van der Waals surface area contributed by atoms with Crippen LogP contribution in [0.3, 0.4) is 0 Å². The smallest absolute Gasteiger partial charge is 0.0713 e. The summed E-state index contributed by atoms with van der Waals surface area (Å²) in [5.74, 6) is 0.525. The van der Waals surface area contributed by atoms with Crippen LogP contribution in [0.25, 0.3) is 0 Å². The van der Waals surface area contributed by atoms with Crippen LogP contribution in [-0.4, -0.2) is 35.2 Å². The molecule has 2 saturated heterocycles. The van der Waals surface area contributed by atoms with Crippen molar-refractivity contribution in [2.24, 2.45) is 0 Å². The Hall–Kier alpha value is -1.23. The van der Waals surface area contributed by atoms with E-state index in [0.717, 1.165) is 45.5 Å². The Kier molecular flexibility index (Phi) is 3.99. The molecule has 4 heteroatoms. The van der Waals surface area contributed by atoms with Crippen LogP contribution in [0.15, 0.2) is 41.4 Å². The van der Waals surface area contributed by atoms with E-state index in [1.807, 2.05) is 18.5 Å². The summed E-state index contributed by atoms with van der Waals surface area (Å²) in [5, 5.41) is 4.42. The minimum atomic E-state index is 0.117. The Balaban J connectivity index is 1.35. The molecule has 2 aromatic rings. The Labute approximate surface area is 135 Å². The molecule has 0 aromatic carbocycles. The zero-order chi connectivity index (χ0) is 14.8. The molecule has 0 radical (unpaired) electrons. The van der Waals surface area contributed by atoms with Crippen LogP contribution in [0, 0.1) is 0 Å². The van der Waals surface area contributed by atoms with Gasteiger partial charge in [0, 0.05) is 37.9 Å². The Morgan fingerprint density at radius 3 is 2.95 bits per heavy atom. The molecule has 0 saturated carbocycles. The number of piperidine rings is 1. The lowest BCUT2D eigenvalue weighted by Crippen LogP contribution is -2.43. The lowest BCUT2D eigenvalue weighted by atomic mass is 9.83. The van der Waals surface area contributed by atoms with Crippen molar-refractivity contribution in [2.45, 2.75) is 37.3 Å². The van der Waals surface area contributed by atoms with Gasteiger partial charge in [-0.1, -0.05) is 6.07 Å². The van der Waals surface area contributed by atoms with Crippen molar-refractivity contribution in [1.82, 2.24) is 9.88 Å². The van der Waals surface area contributed by atoms with E-state index in [2.05, 4.69) is 32.8 Å². The lowest BCUT2D eigenvalue weighted by molar-refractivity contribution is -0.0448. The van der Waals surface area contributed by atoms with Gasteiger partial charge in [0.1, 0.15) is 0 Å². The Morgan fingerprint density at radius 2 is 2.23 bits per heavy atom. The number of thiophene rings is 1. The molecule has 1 atom stereocenters. The maximum Gasteiger partial charge on any atom is 0.0713 e. The predicted octanol–water partition coefficient (Wildman–Crippen LogP) is 3.68. The Bertz CT molecular complexity index is 591. The number of likely N-dealkylation sites (tertiary alicyclic amines) is 1. The second-order valence-corrected chi connectivity index (χ2v) is 7.37. The molecule has 2 aliphatic rings. The van der Waals surface area contributed by atoms with Gasteiger partial charge in [-0.25, -0.2) is 0 Å². The Morgan fingerprint density at radius 1 is 1.32 bits per heavy atom. The first-order valence-corrected chi connectivity index (χ1v) is 9.05. The van der Waals surface area contributed by atoms with E-state index in [0.29, 0.717) is 5.92 Å². The monoisotopic (exact) mass is 314 g/mol. The number of hydrogen-bond donors (Lipinski definition) is 0. The molecule has 3 nitrogen and oxygen atoms in total. The lowest BCUT2D eigenvalue weighted by Gasteiger charge is -2.38. The molecule has 0 unspecified atom stereocenters. The fourth-order valence-electron chi connectivity index (χ4n) is 3.78. The molecule has 116 valence electrons. The van der Waals surface area contributed by atoms with Crippen molar-refractivity contribution in [3.8, 4) is 0 Å². The van der Waals surface area contributed by atoms with Gasteiger partial charge < -0.3 is 4.74 Å². The number of pyridine rings is 1. The highest BCUT2D eigenvalue weighted by Crippen LogP contribution is 2.42. The van der Waals surface area contributed by atoms with E-state index < -0.39 is 0 Å². The average Bonchev–Trinajstić information content (AvgIpc) is 3.21. The average molecular weight is 314 g/mol. The third kappa shape index (κ3) is 2.96. The van der Waals surface area contributed by atoms with Gasteiger partial charge in [0.05, 0.1) is 12.2 Å². The molecule has 0 aliphatic carbocycles. The first-order chi connectivity index (χ1) is 10.8. The minimum Gasteiger partial charge on any atom is -0.374 e. The second-order valence-electron chi connectivity index (χ2n) is 6.59. The molecule has 4 heterocycles. The summed E-state index contributed by atoms with van der Waals surface area (Å²) >= 11 is 1.79. The van der Waals surface area contributed by atoms with E-state index in [1.54, 1.807) is 11.3 Å². The molecule has 0 bridgehead atoms. The SMILES string of the molecule is c1cncc([C@@H]2COC3(CCN(Cc4ccsc4)CC3)C2)c1. The zero-order valence-corrected chi connectivity index (χ0v) is 13.6. The summed E-state index contributed by atoms with van der Waals surface area (Å²) in [4.78, 5) is 6.82. The third-order valence-corrected chi connectivity index (χ3v) is 5.85. The van der Waals surface area contributed by atoms with Crippen LogP contribution >= 0.6 is 11.3 Å². The molecule has 22 heavy (non-hydrogen) atoms. The summed E-state index contributed by atoms with van der Waals surface area (Å²) in [7, 11) is 0. The third-order valence-electron chi connectivity index (χ3n) is 5.12. The largest absolute Gasteiger partial charge is 0.374 e. The predicted molar refractivity (Wildman–Crippen MR) is 89.1 cm³/mol. The summed E-state index contributed by atoms with van der Waals surface area (Å²) in [6.45, 7) is 4.24. The molecule has 0 amide bonds. The summed E-state index contributed by atoms with van der Waals surface area (Å²) in [6, 6.07) is 6.45. The van der Waals surface area contributed by atoms with Crippen molar-refractivity contribution in [3.63, 3.8) is 0 Å². The van der Waals surface area contributed by atoms with Gasteiger partial charge >= 0.3 is 0 Å². The topological polar surface area (TPSA) is 25.4 Å². The fraction of sp³-hybridized carbons (Fsp3) is 0.500. The van der Waals surface area contributed by atoms with Crippen molar-refractivity contribution in [1.29, 1.82) is 0 Å². The first-order valence-electron chi connectivity index (χ1n) is 8.10. The second kappa shape index (κ2) is 6.11. The molecular formula is C18H22N2OS. The molecule has 0 N–H and O–H groups in total. The van der Waals surface area contributed by atoms with Crippen LogP contribution in [0.4, 0.5) is 0 Å². The summed E-state index contributed by atoms with van der Waals surface area (Å²) < 4.78 is 6.28. The van der Waals surface area contributed by atoms with E-state index in [9.17, 15) is 0 Å². The molecular weight excluding hydrogens is 292 g/mol. The van der Waals surface area contributed by atoms with Crippen LogP contribution in [0.2, 0.25) is 0 Å². The van der Waals surface area contributed by atoms with Crippen molar-refractivity contribution >= 4 is 11.3 Å². The standard InChI is InChI=1S/C18H22N2OS/c1-2-16(11-19-6-1)17-10-18(21-13-17)4-7-20(8-5-18)12-15-3-9-22-14-15/h1-3,6,9,11,14,17H,4-5,7-8,10,12-13H2/t17-/m0/s1. The van der Waals surface area contributed by atoms with Crippen LogP contribution < -0.4 is 0 Å². The van der Waals surface area contributed by atoms with Gasteiger partial charge in [-0.2, -0.15) is 11.3 Å². The van der Waals surface area contributed by atoms with E-state index >= 15 is 0 Å². The number of ether oxygens (including phenoxy) is 1. The number of nitrogens with zero attached hydrogens (tertiary/aromatic N) is 2. The van der Waals surface area contributed by atoms with Gasteiger partial charge in [-0.15, -0.1) is 0 Å². The van der Waals surface area contributed by atoms with Gasteiger partial charge in [-0.3, -0.25) is 9.88 Å².